The molecule has 0 atom stereocenters. The molecule has 1 amide bonds. The highest BCUT2D eigenvalue weighted by molar-refractivity contribution is 7.00. The SMILES string of the molecule is CCN(CC)C(=O)O[Si](c1ccccc1)(c1ccccc1)C(C)(C)C. The Balaban J connectivity index is 2.67. The standard InChI is InChI=1S/C21H29NO2Si/c1-6-22(7-2)20(23)24-25(21(3,4)5,18-14-10-8-11-15-18)19-16-12-9-13-17-19/h8-17H,6-7H2,1-5H3. The van der Waals surface area contributed by atoms with Gasteiger partial charge < -0.3 is 9.33 Å². The van der Waals surface area contributed by atoms with Gasteiger partial charge in [-0.2, -0.15) is 0 Å². The van der Waals surface area contributed by atoms with Crippen LogP contribution in [0.1, 0.15) is 34.6 Å². The molecule has 2 aromatic rings. The summed E-state index contributed by atoms with van der Waals surface area (Å²) in [5.74, 6) is 0. The van der Waals surface area contributed by atoms with Gasteiger partial charge in [0.25, 0.3) is 0 Å². The Kier molecular flexibility index (Phi) is 6.06. The lowest BCUT2D eigenvalue weighted by atomic mass is 10.2. The number of hydrogen-bond acceptors (Lipinski definition) is 2. The van der Waals surface area contributed by atoms with Gasteiger partial charge in [0.05, 0.1) is 0 Å². The second-order valence-corrected chi connectivity index (χ2v) is 11.4. The van der Waals surface area contributed by atoms with Gasteiger partial charge in [-0.1, -0.05) is 81.4 Å². The number of carbonyl (C=O) groups is 1. The van der Waals surface area contributed by atoms with E-state index in [-0.39, 0.29) is 11.1 Å². The van der Waals surface area contributed by atoms with E-state index >= 15 is 0 Å². The average Bonchev–Trinajstić information content (AvgIpc) is 2.61. The minimum atomic E-state index is -2.80. The lowest BCUT2D eigenvalue weighted by Crippen LogP contribution is -2.68. The van der Waals surface area contributed by atoms with E-state index in [4.69, 9.17) is 4.43 Å². The predicted molar refractivity (Wildman–Crippen MR) is 107 cm³/mol. The number of benzene rings is 2. The van der Waals surface area contributed by atoms with E-state index in [1.54, 1.807) is 4.90 Å². The van der Waals surface area contributed by atoms with Gasteiger partial charge in [0.15, 0.2) is 0 Å². The molecule has 0 saturated heterocycles. The van der Waals surface area contributed by atoms with Gasteiger partial charge >= 0.3 is 14.4 Å². The Morgan fingerprint density at radius 2 is 1.28 bits per heavy atom. The Morgan fingerprint density at radius 3 is 1.60 bits per heavy atom. The molecule has 0 aliphatic heterocycles. The average molecular weight is 356 g/mol. The van der Waals surface area contributed by atoms with Crippen LogP contribution >= 0.6 is 0 Å². The quantitative estimate of drug-likeness (QED) is 0.758. The molecule has 0 aliphatic carbocycles. The summed E-state index contributed by atoms with van der Waals surface area (Å²) in [6.07, 6.45) is -0.223. The van der Waals surface area contributed by atoms with Crippen molar-refractivity contribution >= 4 is 24.8 Å². The van der Waals surface area contributed by atoms with Crippen molar-refractivity contribution < 1.29 is 9.22 Å². The first-order chi connectivity index (χ1) is 11.9. The zero-order valence-corrected chi connectivity index (χ0v) is 17.0. The van der Waals surface area contributed by atoms with Crippen LogP contribution in [-0.4, -0.2) is 32.4 Å². The molecular weight excluding hydrogens is 326 g/mol. The second kappa shape index (κ2) is 7.87. The van der Waals surface area contributed by atoms with Crippen LogP contribution in [0.4, 0.5) is 4.79 Å². The van der Waals surface area contributed by atoms with E-state index in [0.29, 0.717) is 13.1 Å². The first kappa shape index (κ1) is 19.3. The largest absolute Gasteiger partial charge is 0.494 e. The Labute approximate surface area is 152 Å². The van der Waals surface area contributed by atoms with Crippen molar-refractivity contribution in [3.63, 3.8) is 0 Å². The predicted octanol–water partition coefficient (Wildman–Crippen LogP) is 4.02. The Morgan fingerprint density at radius 1 is 0.880 bits per heavy atom. The smallest absolute Gasteiger partial charge is 0.396 e. The fraction of sp³-hybridized carbons (Fsp3) is 0.381. The summed E-state index contributed by atoms with van der Waals surface area (Å²) in [4.78, 5) is 14.7. The van der Waals surface area contributed by atoms with Gasteiger partial charge in [0.2, 0.25) is 0 Å². The maximum absolute atomic E-state index is 13.0. The van der Waals surface area contributed by atoms with Crippen LogP contribution in [0.15, 0.2) is 60.7 Å². The summed E-state index contributed by atoms with van der Waals surface area (Å²) in [5.41, 5.74) is 0. The number of carbonyl (C=O) groups excluding carboxylic acids is 1. The molecule has 0 unspecified atom stereocenters. The van der Waals surface area contributed by atoms with E-state index in [1.807, 2.05) is 50.2 Å². The van der Waals surface area contributed by atoms with Crippen molar-refractivity contribution in [1.29, 1.82) is 0 Å². The maximum atomic E-state index is 13.0. The number of rotatable bonds is 5. The van der Waals surface area contributed by atoms with Crippen molar-refractivity contribution in [2.45, 2.75) is 39.7 Å². The summed E-state index contributed by atoms with van der Waals surface area (Å²) >= 11 is 0. The van der Waals surface area contributed by atoms with Gasteiger partial charge in [-0.15, -0.1) is 0 Å². The molecule has 0 aliphatic rings. The third-order valence-electron chi connectivity index (χ3n) is 4.68. The Bertz CT molecular complexity index is 637. The summed E-state index contributed by atoms with van der Waals surface area (Å²) in [6.45, 7) is 11.8. The summed E-state index contributed by atoms with van der Waals surface area (Å²) in [5, 5.41) is 2.04. The summed E-state index contributed by atoms with van der Waals surface area (Å²) < 4.78 is 6.44. The molecule has 0 aromatic heterocycles. The molecule has 25 heavy (non-hydrogen) atoms. The first-order valence-electron chi connectivity index (χ1n) is 8.95. The molecule has 0 spiro atoms. The molecule has 0 bridgehead atoms. The third kappa shape index (κ3) is 3.79. The number of hydrogen-bond donors (Lipinski definition) is 0. The highest BCUT2D eigenvalue weighted by Gasteiger charge is 2.53. The first-order valence-corrected chi connectivity index (χ1v) is 10.9. The fourth-order valence-corrected chi connectivity index (χ4v) is 7.65. The zero-order chi connectivity index (χ0) is 18.5. The molecule has 3 nitrogen and oxygen atoms in total. The van der Waals surface area contributed by atoms with Crippen molar-refractivity contribution in [3.8, 4) is 0 Å². The van der Waals surface area contributed by atoms with Crippen LogP contribution in [0.25, 0.3) is 0 Å². The van der Waals surface area contributed by atoms with E-state index in [1.165, 1.54) is 0 Å². The van der Waals surface area contributed by atoms with Gasteiger partial charge in [0, 0.05) is 13.1 Å². The minimum absolute atomic E-state index is 0.196. The minimum Gasteiger partial charge on any atom is -0.494 e. The molecule has 0 heterocycles. The molecular formula is C21H29NO2Si. The number of nitrogens with zero attached hydrogens (tertiary/aromatic N) is 1. The van der Waals surface area contributed by atoms with Crippen molar-refractivity contribution in [2.24, 2.45) is 0 Å². The van der Waals surface area contributed by atoms with Crippen LogP contribution in [0.2, 0.25) is 5.04 Å². The zero-order valence-electron chi connectivity index (χ0n) is 16.0. The fourth-order valence-electron chi connectivity index (χ4n) is 3.33. The van der Waals surface area contributed by atoms with Gasteiger partial charge in [0.1, 0.15) is 0 Å². The van der Waals surface area contributed by atoms with Gasteiger partial charge in [-0.25, -0.2) is 4.79 Å². The normalized spacial score (nSPS) is 11.9. The van der Waals surface area contributed by atoms with Crippen LogP contribution < -0.4 is 10.4 Å². The molecule has 0 N–H and O–H groups in total. The lowest BCUT2D eigenvalue weighted by Gasteiger charge is -2.42. The van der Waals surface area contributed by atoms with Crippen LogP contribution in [0.5, 0.6) is 0 Å². The van der Waals surface area contributed by atoms with E-state index in [0.717, 1.165) is 10.4 Å². The summed E-state index contributed by atoms with van der Waals surface area (Å²) in [6, 6.07) is 20.5. The molecule has 134 valence electrons. The molecule has 2 aromatic carbocycles. The van der Waals surface area contributed by atoms with E-state index in [2.05, 4.69) is 45.0 Å². The Hall–Kier alpha value is -2.07. The lowest BCUT2D eigenvalue weighted by molar-refractivity contribution is 0.154. The van der Waals surface area contributed by atoms with Crippen LogP contribution in [0, 0.1) is 0 Å². The highest BCUT2D eigenvalue weighted by Crippen LogP contribution is 2.37. The van der Waals surface area contributed by atoms with Gasteiger partial charge in [-0.3, -0.25) is 0 Å². The molecule has 0 fully saturated rings. The maximum Gasteiger partial charge on any atom is 0.396 e. The molecule has 0 saturated carbocycles. The molecule has 4 heteroatoms. The second-order valence-electron chi connectivity index (χ2n) is 7.20. The highest BCUT2D eigenvalue weighted by atomic mass is 28.4. The van der Waals surface area contributed by atoms with Crippen molar-refractivity contribution in [3.05, 3.63) is 60.7 Å². The van der Waals surface area contributed by atoms with Crippen molar-refractivity contribution in [1.82, 2.24) is 4.90 Å². The van der Waals surface area contributed by atoms with Crippen LogP contribution in [0.3, 0.4) is 0 Å². The van der Waals surface area contributed by atoms with Gasteiger partial charge in [-0.05, 0) is 29.3 Å². The van der Waals surface area contributed by atoms with Crippen LogP contribution in [-0.2, 0) is 4.43 Å². The monoisotopic (exact) mass is 355 g/mol. The van der Waals surface area contributed by atoms with E-state index < -0.39 is 8.32 Å². The molecule has 0 radical (unpaired) electrons. The third-order valence-corrected chi connectivity index (χ3v) is 9.56. The van der Waals surface area contributed by atoms with E-state index in [9.17, 15) is 4.79 Å². The molecule has 2 rings (SSSR count). The topological polar surface area (TPSA) is 29.5 Å². The number of amides is 1. The summed E-state index contributed by atoms with van der Waals surface area (Å²) in [7, 11) is -2.80. The van der Waals surface area contributed by atoms with Crippen molar-refractivity contribution in [2.75, 3.05) is 13.1 Å².